The van der Waals surface area contributed by atoms with Crippen LogP contribution >= 0.6 is 0 Å². The summed E-state index contributed by atoms with van der Waals surface area (Å²) in [7, 11) is 3.45. The first-order valence-corrected chi connectivity index (χ1v) is 8.83. The molecular weight excluding hydrogens is 318 g/mol. The second-order valence-corrected chi connectivity index (χ2v) is 6.61. The number of morpholine rings is 1. The lowest BCUT2D eigenvalue weighted by atomic mass is 10.2. The van der Waals surface area contributed by atoms with Crippen molar-refractivity contribution in [2.45, 2.75) is 45.6 Å². The largest absolute Gasteiger partial charge is 0.383 e. The number of ether oxygens (including phenoxy) is 2. The van der Waals surface area contributed by atoms with Crippen molar-refractivity contribution >= 4 is 11.8 Å². The molecule has 0 bridgehead atoms. The lowest BCUT2D eigenvalue weighted by Gasteiger charge is -2.36. The van der Waals surface area contributed by atoms with Gasteiger partial charge in [-0.3, -0.25) is 4.99 Å². The summed E-state index contributed by atoms with van der Waals surface area (Å²) in [5.74, 6) is 1.76. The minimum absolute atomic E-state index is 0.196. The van der Waals surface area contributed by atoms with E-state index in [1.807, 2.05) is 6.20 Å². The number of methoxy groups -OCH3 is 1. The zero-order valence-corrected chi connectivity index (χ0v) is 16.0. The lowest BCUT2D eigenvalue weighted by molar-refractivity contribution is -0.00545. The number of aliphatic imine (C=N–C) groups is 1. The van der Waals surface area contributed by atoms with Crippen LogP contribution in [0.1, 0.15) is 26.3 Å². The third-order valence-electron chi connectivity index (χ3n) is 4.04. The van der Waals surface area contributed by atoms with Gasteiger partial charge in [-0.05, 0) is 32.4 Å². The van der Waals surface area contributed by atoms with Crippen LogP contribution in [0.15, 0.2) is 23.3 Å². The molecule has 3 atom stereocenters. The summed E-state index contributed by atoms with van der Waals surface area (Å²) >= 11 is 0. The second kappa shape index (κ2) is 9.58. The maximum atomic E-state index is 5.78. The van der Waals surface area contributed by atoms with Crippen LogP contribution in [0.4, 0.5) is 5.82 Å². The molecule has 0 spiro atoms. The summed E-state index contributed by atoms with van der Waals surface area (Å²) in [4.78, 5) is 11.1. The zero-order valence-electron chi connectivity index (χ0n) is 16.0. The number of guanidine groups is 1. The van der Waals surface area contributed by atoms with Gasteiger partial charge in [-0.25, -0.2) is 4.98 Å². The van der Waals surface area contributed by atoms with Crippen molar-refractivity contribution in [3.05, 3.63) is 23.9 Å². The Morgan fingerprint density at radius 1 is 1.40 bits per heavy atom. The van der Waals surface area contributed by atoms with Crippen LogP contribution in [0.25, 0.3) is 0 Å². The Kier molecular flexibility index (Phi) is 7.46. The van der Waals surface area contributed by atoms with Crippen LogP contribution in [0.2, 0.25) is 0 Å². The number of nitrogens with zero attached hydrogens (tertiary/aromatic N) is 3. The summed E-state index contributed by atoms with van der Waals surface area (Å²) in [6.45, 7) is 9.31. The number of rotatable bonds is 6. The van der Waals surface area contributed by atoms with Crippen molar-refractivity contribution in [1.29, 1.82) is 0 Å². The molecule has 3 unspecified atom stereocenters. The Morgan fingerprint density at radius 3 is 2.68 bits per heavy atom. The molecule has 1 aromatic rings. The molecule has 2 N–H and O–H groups in total. The first-order valence-electron chi connectivity index (χ1n) is 8.83. The molecule has 2 rings (SSSR count). The second-order valence-electron chi connectivity index (χ2n) is 6.61. The fraction of sp³-hybridized carbons (Fsp3) is 0.667. The van der Waals surface area contributed by atoms with E-state index in [1.54, 1.807) is 14.2 Å². The Bertz CT molecular complexity index is 539. The van der Waals surface area contributed by atoms with Crippen molar-refractivity contribution in [1.82, 2.24) is 15.6 Å². The Balaban J connectivity index is 1.87. The number of hydrogen-bond donors (Lipinski definition) is 2. The quantitative estimate of drug-likeness (QED) is 0.597. The SMILES string of the molecule is CN=C(NCc1ccc(N2CC(C)OC(C)C2)nc1)NC(C)COC. The Labute approximate surface area is 150 Å². The maximum Gasteiger partial charge on any atom is 0.191 e. The summed E-state index contributed by atoms with van der Waals surface area (Å²) in [5, 5.41) is 6.58. The molecule has 1 aliphatic rings. The molecule has 2 heterocycles. The summed E-state index contributed by atoms with van der Waals surface area (Å²) in [6.07, 6.45) is 2.38. The summed E-state index contributed by atoms with van der Waals surface area (Å²) in [5.41, 5.74) is 1.11. The molecule has 140 valence electrons. The van der Waals surface area contributed by atoms with Gasteiger partial charge in [-0.2, -0.15) is 0 Å². The zero-order chi connectivity index (χ0) is 18.2. The van der Waals surface area contributed by atoms with Gasteiger partial charge in [0.2, 0.25) is 0 Å². The molecule has 1 aromatic heterocycles. The van der Waals surface area contributed by atoms with Gasteiger partial charge in [0.1, 0.15) is 5.82 Å². The molecule has 1 aliphatic heterocycles. The van der Waals surface area contributed by atoms with E-state index in [0.29, 0.717) is 13.2 Å². The van der Waals surface area contributed by atoms with Gasteiger partial charge in [0.25, 0.3) is 0 Å². The number of nitrogens with one attached hydrogen (secondary N) is 2. The van der Waals surface area contributed by atoms with Crippen molar-refractivity contribution in [3.8, 4) is 0 Å². The number of anilines is 1. The third kappa shape index (κ3) is 6.17. The van der Waals surface area contributed by atoms with Gasteiger partial charge in [0.05, 0.1) is 18.8 Å². The average Bonchev–Trinajstić information content (AvgIpc) is 2.58. The van der Waals surface area contributed by atoms with Crippen LogP contribution in [0.3, 0.4) is 0 Å². The molecule has 0 amide bonds. The third-order valence-corrected chi connectivity index (χ3v) is 4.04. The van der Waals surface area contributed by atoms with Crippen LogP contribution in [-0.4, -0.2) is 63.0 Å². The van der Waals surface area contributed by atoms with Gasteiger partial charge < -0.3 is 25.0 Å². The van der Waals surface area contributed by atoms with E-state index in [9.17, 15) is 0 Å². The average molecular weight is 349 g/mol. The van der Waals surface area contributed by atoms with E-state index >= 15 is 0 Å². The van der Waals surface area contributed by atoms with E-state index in [4.69, 9.17) is 9.47 Å². The lowest BCUT2D eigenvalue weighted by Crippen LogP contribution is -2.45. The number of hydrogen-bond acceptors (Lipinski definition) is 5. The fourth-order valence-electron chi connectivity index (χ4n) is 2.98. The summed E-state index contributed by atoms with van der Waals surface area (Å²) < 4.78 is 10.9. The highest BCUT2D eigenvalue weighted by Gasteiger charge is 2.22. The highest BCUT2D eigenvalue weighted by molar-refractivity contribution is 5.79. The van der Waals surface area contributed by atoms with Crippen LogP contribution < -0.4 is 15.5 Å². The first-order chi connectivity index (χ1) is 12.0. The predicted molar refractivity (Wildman–Crippen MR) is 101 cm³/mol. The Morgan fingerprint density at radius 2 is 2.12 bits per heavy atom. The van der Waals surface area contributed by atoms with Gasteiger partial charge in [-0.15, -0.1) is 0 Å². The van der Waals surface area contributed by atoms with Gasteiger partial charge in [0, 0.05) is 46.0 Å². The van der Waals surface area contributed by atoms with Crippen molar-refractivity contribution in [2.24, 2.45) is 4.99 Å². The number of aromatic nitrogens is 1. The predicted octanol–water partition coefficient (Wildman–Crippen LogP) is 1.40. The molecule has 0 aromatic carbocycles. The van der Waals surface area contributed by atoms with Crippen LogP contribution in [-0.2, 0) is 16.0 Å². The molecular formula is C18H31N5O2. The van der Waals surface area contributed by atoms with E-state index in [-0.39, 0.29) is 18.2 Å². The molecule has 1 saturated heterocycles. The highest BCUT2D eigenvalue weighted by atomic mass is 16.5. The minimum atomic E-state index is 0.196. The van der Waals surface area contributed by atoms with Crippen molar-refractivity contribution in [2.75, 3.05) is 38.8 Å². The molecule has 7 heteroatoms. The normalized spacial score (nSPS) is 22.6. The van der Waals surface area contributed by atoms with Crippen molar-refractivity contribution < 1.29 is 9.47 Å². The summed E-state index contributed by atoms with van der Waals surface area (Å²) in [6, 6.07) is 4.37. The van der Waals surface area contributed by atoms with Gasteiger partial charge in [-0.1, -0.05) is 6.07 Å². The smallest absolute Gasteiger partial charge is 0.191 e. The molecule has 0 aliphatic carbocycles. The van der Waals surface area contributed by atoms with E-state index in [0.717, 1.165) is 30.4 Å². The number of pyridine rings is 1. The Hall–Kier alpha value is -1.86. The molecule has 1 fully saturated rings. The topological polar surface area (TPSA) is 71.0 Å². The molecule has 0 saturated carbocycles. The molecule has 25 heavy (non-hydrogen) atoms. The highest BCUT2D eigenvalue weighted by Crippen LogP contribution is 2.18. The van der Waals surface area contributed by atoms with Crippen LogP contribution in [0, 0.1) is 0 Å². The van der Waals surface area contributed by atoms with E-state index in [1.165, 1.54) is 0 Å². The van der Waals surface area contributed by atoms with E-state index in [2.05, 4.69) is 58.4 Å². The maximum absolute atomic E-state index is 5.78. The van der Waals surface area contributed by atoms with Gasteiger partial charge in [0.15, 0.2) is 5.96 Å². The molecule has 7 nitrogen and oxygen atoms in total. The van der Waals surface area contributed by atoms with Gasteiger partial charge >= 0.3 is 0 Å². The first kappa shape index (κ1) is 19.5. The monoisotopic (exact) mass is 349 g/mol. The minimum Gasteiger partial charge on any atom is -0.383 e. The fourth-order valence-corrected chi connectivity index (χ4v) is 2.98. The molecule has 0 radical (unpaired) electrons. The van der Waals surface area contributed by atoms with E-state index < -0.39 is 0 Å². The van der Waals surface area contributed by atoms with Crippen molar-refractivity contribution in [3.63, 3.8) is 0 Å². The van der Waals surface area contributed by atoms with Crippen LogP contribution in [0.5, 0.6) is 0 Å². The standard InChI is InChI=1S/C18H31N5O2/c1-13(12-24-5)22-18(19-4)21-9-16-6-7-17(20-8-16)23-10-14(2)25-15(3)11-23/h6-8,13-15H,9-12H2,1-5H3,(H2,19,21,22).